The predicted octanol–water partition coefficient (Wildman–Crippen LogP) is 0.422. The molecule has 0 bridgehead atoms. The lowest BCUT2D eigenvalue weighted by atomic mass is 10.3. The molecule has 1 aliphatic rings. The quantitative estimate of drug-likeness (QED) is 0.729. The van der Waals surface area contributed by atoms with Crippen molar-refractivity contribution in [3.05, 3.63) is 12.3 Å². The molecule has 5 heteroatoms. The van der Waals surface area contributed by atoms with Gasteiger partial charge < -0.3 is 15.2 Å². The summed E-state index contributed by atoms with van der Waals surface area (Å²) in [5, 5.41) is 12.2. The highest BCUT2D eigenvalue weighted by Crippen LogP contribution is 2.37. The number of ether oxygens (including phenoxy) is 1. The van der Waals surface area contributed by atoms with Crippen LogP contribution in [0.5, 0.6) is 5.88 Å². The van der Waals surface area contributed by atoms with Crippen LogP contribution in [0.15, 0.2) is 12.3 Å². The van der Waals surface area contributed by atoms with E-state index in [-0.39, 0.29) is 12.1 Å². The van der Waals surface area contributed by atoms with E-state index in [9.17, 15) is 0 Å². The first-order valence-corrected chi connectivity index (χ1v) is 4.54. The molecule has 0 aromatic carbocycles. The lowest BCUT2D eigenvalue weighted by Crippen LogP contribution is -2.26. The smallest absolute Gasteiger partial charge is 0.226 e. The predicted molar refractivity (Wildman–Crippen MR) is 51.3 cm³/mol. The van der Waals surface area contributed by atoms with Gasteiger partial charge in [0.2, 0.25) is 11.8 Å². The van der Waals surface area contributed by atoms with Crippen LogP contribution >= 0.6 is 0 Å². The average Bonchev–Trinajstić information content (AvgIpc) is 2.99. The fourth-order valence-corrected chi connectivity index (χ4v) is 1.23. The molecule has 0 radical (unpaired) electrons. The van der Waals surface area contributed by atoms with E-state index in [0.717, 1.165) is 12.8 Å². The van der Waals surface area contributed by atoms with Gasteiger partial charge in [-0.1, -0.05) is 0 Å². The van der Waals surface area contributed by atoms with Crippen molar-refractivity contribution in [2.24, 2.45) is 0 Å². The minimum atomic E-state index is -0.188. The first-order chi connectivity index (χ1) is 6.78. The van der Waals surface area contributed by atoms with Crippen LogP contribution in [0.25, 0.3) is 0 Å². The maximum atomic E-state index is 9.10. The molecule has 0 aliphatic heterocycles. The van der Waals surface area contributed by atoms with Crippen LogP contribution in [0.1, 0.15) is 12.8 Å². The molecule has 0 unspecified atom stereocenters. The Morgan fingerprint density at radius 2 is 2.43 bits per heavy atom. The van der Waals surface area contributed by atoms with Gasteiger partial charge in [0.1, 0.15) is 0 Å². The molecule has 1 aromatic heterocycles. The molecular weight excluding hydrogens is 182 g/mol. The van der Waals surface area contributed by atoms with Gasteiger partial charge in [0.05, 0.1) is 19.3 Å². The van der Waals surface area contributed by atoms with E-state index in [1.807, 2.05) is 0 Å². The van der Waals surface area contributed by atoms with Crippen LogP contribution < -0.4 is 10.1 Å². The lowest BCUT2D eigenvalue weighted by Gasteiger charge is -2.13. The second kappa shape index (κ2) is 3.42. The minimum absolute atomic E-state index is 0.119. The highest BCUT2D eigenvalue weighted by atomic mass is 16.5. The van der Waals surface area contributed by atoms with Gasteiger partial charge in [0.15, 0.2) is 0 Å². The molecule has 76 valence electrons. The SMILES string of the molecule is COc1ccnc(NC2(CO)CC2)n1. The van der Waals surface area contributed by atoms with E-state index in [0.29, 0.717) is 11.8 Å². The Morgan fingerprint density at radius 3 is 3.00 bits per heavy atom. The van der Waals surface area contributed by atoms with Crippen molar-refractivity contribution in [2.75, 3.05) is 19.0 Å². The van der Waals surface area contributed by atoms with Gasteiger partial charge in [-0.3, -0.25) is 0 Å². The zero-order chi connectivity index (χ0) is 10.0. The van der Waals surface area contributed by atoms with Crippen molar-refractivity contribution in [3.8, 4) is 5.88 Å². The number of rotatable bonds is 4. The van der Waals surface area contributed by atoms with Crippen LogP contribution in [0, 0.1) is 0 Å². The number of hydrogen-bond donors (Lipinski definition) is 2. The summed E-state index contributed by atoms with van der Waals surface area (Å²) in [5.41, 5.74) is -0.188. The Balaban J connectivity index is 2.09. The number of aliphatic hydroxyl groups is 1. The summed E-state index contributed by atoms with van der Waals surface area (Å²) in [6, 6.07) is 1.68. The van der Waals surface area contributed by atoms with E-state index in [1.165, 1.54) is 0 Å². The number of methoxy groups -OCH3 is 1. The Labute approximate surface area is 82.1 Å². The number of nitrogens with zero attached hydrogens (tertiary/aromatic N) is 2. The summed E-state index contributed by atoms with van der Waals surface area (Å²) >= 11 is 0. The summed E-state index contributed by atoms with van der Waals surface area (Å²) < 4.78 is 4.97. The number of nitrogens with one attached hydrogen (secondary N) is 1. The maximum absolute atomic E-state index is 9.10. The van der Waals surface area contributed by atoms with Gasteiger partial charge in [-0.15, -0.1) is 0 Å². The Morgan fingerprint density at radius 1 is 1.64 bits per heavy atom. The average molecular weight is 195 g/mol. The van der Waals surface area contributed by atoms with Crippen molar-refractivity contribution in [3.63, 3.8) is 0 Å². The Bertz CT molecular complexity index is 326. The first-order valence-electron chi connectivity index (χ1n) is 4.54. The van der Waals surface area contributed by atoms with E-state index >= 15 is 0 Å². The second-order valence-corrected chi connectivity index (χ2v) is 3.49. The van der Waals surface area contributed by atoms with E-state index in [4.69, 9.17) is 9.84 Å². The molecule has 5 nitrogen and oxygen atoms in total. The maximum Gasteiger partial charge on any atom is 0.226 e. The summed E-state index contributed by atoms with van der Waals surface area (Å²) in [5.74, 6) is 1.03. The fourth-order valence-electron chi connectivity index (χ4n) is 1.23. The van der Waals surface area contributed by atoms with Gasteiger partial charge in [0, 0.05) is 12.3 Å². The van der Waals surface area contributed by atoms with E-state index in [1.54, 1.807) is 19.4 Å². The zero-order valence-corrected chi connectivity index (χ0v) is 8.03. The number of aromatic nitrogens is 2. The molecule has 2 rings (SSSR count). The van der Waals surface area contributed by atoms with Gasteiger partial charge in [-0.05, 0) is 12.8 Å². The number of aliphatic hydroxyl groups excluding tert-OH is 1. The molecule has 1 saturated carbocycles. The van der Waals surface area contributed by atoms with Gasteiger partial charge >= 0.3 is 0 Å². The molecule has 2 N–H and O–H groups in total. The van der Waals surface area contributed by atoms with Crippen LogP contribution in [-0.2, 0) is 0 Å². The van der Waals surface area contributed by atoms with Crippen molar-refractivity contribution in [1.82, 2.24) is 9.97 Å². The summed E-state index contributed by atoms with van der Waals surface area (Å²) in [7, 11) is 1.56. The third kappa shape index (κ3) is 1.77. The summed E-state index contributed by atoms with van der Waals surface area (Å²) in [4.78, 5) is 8.16. The van der Waals surface area contributed by atoms with Crippen molar-refractivity contribution < 1.29 is 9.84 Å². The summed E-state index contributed by atoms with van der Waals surface area (Å²) in [6.45, 7) is 0.119. The summed E-state index contributed by atoms with van der Waals surface area (Å²) in [6.07, 6.45) is 3.55. The zero-order valence-electron chi connectivity index (χ0n) is 8.03. The Hall–Kier alpha value is -1.36. The Kier molecular flexibility index (Phi) is 2.25. The third-order valence-corrected chi connectivity index (χ3v) is 2.37. The van der Waals surface area contributed by atoms with Gasteiger partial charge in [-0.25, -0.2) is 4.98 Å². The molecule has 0 amide bonds. The van der Waals surface area contributed by atoms with Crippen LogP contribution in [0.3, 0.4) is 0 Å². The number of hydrogen-bond acceptors (Lipinski definition) is 5. The van der Waals surface area contributed by atoms with Crippen LogP contribution in [0.2, 0.25) is 0 Å². The molecule has 0 spiro atoms. The van der Waals surface area contributed by atoms with E-state index in [2.05, 4.69) is 15.3 Å². The molecule has 0 saturated heterocycles. The topological polar surface area (TPSA) is 67.3 Å². The van der Waals surface area contributed by atoms with Gasteiger partial charge in [-0.2, -0.15) is 4.98 Å². The molecule has 1 aliphatic carbocycles. The molecule has 1 heterocycles. The van der Waals surface area contributed by atoms with Crippen LogP contribution in [-0.4, -0.2) is 34.3 Å². The van der Waals surface area contributed by atoms with Crippen molar-refractivity contribution in [2.45, 2.75) is 18.4 Å². The molecule has 14 heavy (non-hydrogen) atoms. The highest BCUT2D eigenvalue weighted by Gasteiger charge is 2.42. The molecule has 1 fully saturated rings. The molecular formula is C9H13N3O2. The highest BCUT2D eigenvalue weighted by molar-refractivity contribution is 5.35. The first kappa shape index (κ1) is 9.21. The van der Waals surface area contributed by atoms with Gasteiger partial charge in [0.25, 0.3) is 0 Å². The number of anilines is 1. The lowest BCUT2D eigenvalue weighted by molar-refractivity contribution is 0.265. The largest absolute Gasteiger partial charge is 0.481 e. The van der Waals surface area contributed by atoms with Crippen molar-refractivity contribution >= 4 is 5.95 Å². The van der Waals surface area contributed by atoms with Crippen LogP contribution in [0.4, 0.5) is 5.95 Å². The third-order valence-electron chi connectivity index (χ3n) is 2.37. The minimum Gasteiger partial charge on any atom is -0.481 e. The van der Waals surface area contributed by atoms with Crippen molar-refractivity contribution in [1.29, 1.82) is 0 Å². The van der Waals surface area contributed by atoms with E-state index < -0.39 is 0 Å². The molecule has 1 aromatic rings. The molecule has 0 atom stereocenters. The fraction of sp³-hybridized carbons (Fsp3) is 0.556. The monoisotopic (exact) mass is 195 g/mol. The second-order valence-electron chi connectivity index (χ2n) is 3.49. The normalized spacial score (nSPS) is 17.6. The standard InChI is InChI=1S/C9H13N3O2/c1-14-7-2-5-10-8(11-7)12-9(6-13)3-4-9/h2,5,13H,3-4,6H2,1H3,(H,10,11,12).